The molecular formula is C20H26N4O3. The van der Waals surface area contributed by atoms with Crippen LogP contribution in [0.5, 0.6) is 0 Å². The zero-order chi connectivity index (χ0) is 18.6. The van der Waals surface area contributed by atoms with E-state index in [1.807, 2.05) is 39.9 Å². The fourth-order valence-corrected chi connectivity index (χ4v) is 3.80. The number of hydrogen-bond donors (Lipinski definition) is 2. The molecule has 7 heteroatoms. The Balaban J connectivity index is 1.43. The molecule has 2 aromatic rings. The lowest BCUT2D eigenvalue weighted by Gasteiger charge is -2.27. The summed E-state index contributed by atoms with van der Waals surface area (Å²) in [5, 5.41) is 7.34. The van der Waals surface area contributed by atoms with Gasteiger partial charge in [-0.3, -0.25) is 9.59 Å². The molecule has 2 amide bonds. The molecule has 0 saturated carbocycles. The molecule has 0 atom stereocenters. The van der Waals surface area contributed by atoms with E-state index in [-0.39, 0.29) is 17.7 Å². The molecule has 4 rings (SSSR count). The van der Waals surface area contributed by atoms with E-state index in [0.29, 0.717) is 32.8 Å². The first-order valence-corrected chi connectivity index (χ1v) is 9.67. The second-order valence-electron chi connectivity index (χ2n) is 7.22. The number of nitrogens with zero attached hydrogens (tertiary/aromatic N) is 2. The normalized spacial score (nSPS) is 18.6. The van der Waals surface area contributed by atoms with Crippen molar-refractivity contribution in [3.8, 4) is 0 Å². The van der Waals surface area contributed by atoms with E-state index in [2.05, 4.69) is 10.6 Å². The average molecular weight is 370 g/mol. The fraction of sp³-hybridized carbons (Fsp3) is 0.500. The van der Waals surface area contributed by atoms with Crippen LogP contribution in [0.4, 0.5) is 5.69 Å². The van der Waals surface area contributed by atoms with E-state index in [9.17, 15) is 9.59 Å². The molecule has 0 aliphatic carbocycles. The molecule has 144 valence electrons. The highest BCUT2D eigenvalue weighted by molar-refractivity contribution is 5.95. The first-order chi connectivity index (χ1) is 13.2. The van der Waals surface area contributed by atoms with E-state index in [0.717, 1.165) is 42.5 Å². The van der Waals surface area contributed by atoms with E-state index in [1.165, 1.54) is 0 Å². The number of aromatic nitrogens is 1. The van der Waals surface area contributed by atoms with Gasteiger partial charge >= 0.3 is 0 Å². The summed E-state index contributed by atoms with van der Waals surface area (Å²) in [6.07, 6.45) is 3.70. The number of carbonyl (C=O) groups excluding carboxylic acids is 2. The summed E-state index contributed by atoms with van der Waals surface area (Å²) < 4.78 is 7.27. The smallest absolute Gasteiger partial charge is 0.242 e. The van der Waals surface area contributed by atoms with Crippen LogP contribution in [0.2, 0.25) is 0 Å². The maximum absolute atomic E-state index is 12.5. The van der Waals surface area contributed by atoms with E-state index < -0.39 is 0 Å². The third kappa shape index (κ3) is 4.14. The first kappa shape index (κ1) is 18.0. The van der Waals surface area contributed by atoms with Crippen LogP contribution in [-0.4, -0.2) is 60.7 Å². The molecule has 2 saturated heterocycles. The summed E-state index contributed by atoms with van der Waals surface area (Å²) >= 11 is 0. The zero-order valence-corrected chi connectivity index (χ0v) is 15.4. The van der Waals surface area contributed by atoms with Crippen LogP contribution < -0.4 is 10.6 Å². The number of ether oxygens (including phenoxy) is 1. The second kappa shape index (κ2) is 8.10. The van der Waals surface area contributed by atoms with Crippen LogP contribution in [0.15, 0.2) is 30.5 Å². The molecule has 0 spiro atoms. The van der Waals surface area contributed by atoms with Crippen molar-refractivity contribution in [1.29, 1.82) is 0 Å². The maximum Gasteiger partial charge on any atom is 0.242 e. The van der Waals surface area contributed by atoms with Gasteiger partial charge in [0.1, 0.15) is 6.54 Å². The van der Waals surface area contributed by atoms with Gasteiger partial charge in [0, 0.05) is 41.8 Å². The molecule has 3 heterocycles. The Kier molecular flexibility index (Phi) is 5.40. The molecule has 1 aromatic carbocycles. The van der Waals surface area contributed by atoms with Gasteiger partial charge in [0.25, 0.3) is 0 Å². The summed E-state index contributed by atoms with van der Waals surface area (Å²) in [7, 11) is 0. The maximum atomic E-state index is 12.5. The number of nitrogens with one attached hydrogen (secondary N) is 2. The Labute approximate surface area is 158 Å². The second-order valence-corrected chi connectivity index (χ2v) is 7.22. The third-order valence-corrected chi connectivity index (χ3v) is 5.42. The first-order valence-electron chi connectivity index (χ1n) is 9.67. The lowest BCUT2D eigenvalue weighted by molar-refractivity contribution is -0.135. The Morgan fingerprint density at radius 1 is 1.15 bits per heavy atom. The minimum absolute atomic E-state index is 0.0812. The number of carbonyl (C=O) groups is 2. The summed E-state index contributed by atoms with van der Waals surface area (Å²) in [6, 6.07) is 7.85. The minimum Gasteiger partial charge on any atom is -0.378 e. The van der Waals surface area contributed by atoms with Crippen LogP contribution in [-0.2, 0) is 20.9 Å². The Morgan fingerprint density at radius 3 is 2.70 bits per heavy atom. The van der Waals surface area contributed by atoms with Crippen LogP contribution >= 0.6 is 0 Å². The quantitative estimate of drug-likeness (QED) is 0.854. The summed E-state index contributed by atoms with van der Waals surface area (Å²) in [5.74, 6) is 0.287. The van der Waals surface area contributed by atoms with Crippen molar-refractivity contribution in [2.45, 2.75) is 19.4 Å². The number of fused-ring (bicyclic) bond motifs is 1. The van der Waals surface area contributed by atoms with Crippen molar-refractivity contribution in [1.82, 2.24) is 14.8 Å². The van der Waals surface area contributed by atoms with E-state index in [1.54, 1.807) is 0 Å². The molecule has 27 heavy (non-hydrogen) atoms. The highest BCUT2D eigenvalue weighted by Gasteiger charge is 2.21. The van der Waals surface area contributed by atoms with Crippen molar-refractivity contribution >= 4 is 28.4 Å². The lowest BCUT2D eigenvalue weighted by Crippen LogP contribution is -2.42. The van der Waals surface area contributed by atoms with Crippen LogP contribution in [0.25, 0.3) is 10.9 Å². The van der Waals surface area contributed by atoms with Gasteiger partial charge in [-0.15, -0.1) is 0 Å². The molecule has 0 unspecified atom stereocenters. The number of benzene rings is 1. The molecule has 7 nitrogen and oxygen atoms in total. The Hall–Kier alpha value is -2.38. The number of morpholine rings is 1. The molecule has 2 aliphatic heterocycles. The fourth-order valence-electron chi connectivity index (χ4n) is 3.80. The SMILES string of the molecule is O=C(Nc1ccc2c(ccn2CC(=O)N2CCOCC2)c1)C1CCNCC1. The third-order valence-electron chi connectivity index (χ3n) is 5.42. The van der Waals surface area contributed by atoms with Gasteiger partial charge in [0.2, 0.25) is 11.8 Å². The summed E-state index contributed by atoms with van der Waals surface area (Å²) in [5.41, 5.74) is 1.81. The largest absolute Gasteiger partial charge is 0.378 e. The van der Waals surface area contributed by atoms with Gasteiger partial charge in [-0.25, -0.2) is 0 Å². The van der Waals surface area contributed by atoms with Gasteiger partial charge < -0.3 is 24.8 Å². The van der Waals surface area contributed by atoms with Gasteiger partial charge in [0.05, 0.1) is 13.2 Å². The Bertz CT molecular complexity index is 820. The van der Waals surface area contributed by atoms with Gasteiger partial charge in [-0.1, -0.05) is 0 Å². The predicted molar refractivity (Wildman–Crippen MR) is 104 cm³/mol. The van der Waals surface area contributed by atoms with Crippen molar-refractivity contribution < 1.29 is 14.3 Å². The highest BCUT2D eigenvalue weighted by atomic mass is 16.5. The van der Waals surface area contributed by atoms with Crippen molar-refractivity contribution in [3.63, 3.8) is 0 Å². The molecule has 1 aromatic heterocycles. The summed E-state index contributed by atoms with van der Waals surface area (Å²) in [6.45, 7) is 4.66. The van der Waals surface area contributed by atoms with Crippen LogP contribution in [0.1, 0.15) is 12.8 Å². The van der Waals surface area contributed by atoms with Crippen molar-refractivity contribution in [2.24, 2.45) is 5.92 Å². The number of hydrogen-bond acceptors (Lipinski definition) is 4. The number of amides is 2. The lowest BCUT2D eigenvalue weighted by atomic mass is 9.97. The van der Waals surface area contributed by atoms with Crippen molar-refractivity contribution in [3.05, 3.63) is 30.5 Å². The highest BCUT2D eigenvalue weighted by Crippen LogP contribution is 2.22. The van der Waals surface area contributed by atoms with E-state index >= 15 is 0 Å². The van der Waals surface area contributed by atoms with Gasteiger partial charge in [-0.2, -0.15) is 0 Å². The van der Waals surface area contributed by atoms with Crippen LogP contribution in [0.3, 0.4) is 0 Å². The molecule has 0 radical (unpaired) electrons. The van der Waals surface area contributed by atoms with Crippen molar-refractivity contribution in [2.75, 3.05) is 44.7 Å². The molecule has 2 fully saturated rings. The molecule has 0 bridgehead atoms. The Morgan fingerprint density at radius 2 is 1.93 bits per heavy atom. The molecular weight excluding hydrogens is 344 g/mol. The number of rotatable bonds is 4. The van der Waals surface area contributed by atoms with E-state index in [4.69, 9.17) is 4.74 Å². The number of piperidine rings is 1. The van der Waals surface area contributed by atoms with Crippen LogP contribution in [0, 0.1) is 5.92 Å². The average Bonchev–Trinajstić information content (AvgIpc) is 3.11. The summed E-state index contributed by atoms with van der Waals surface area (Å²) in [4.78, 5) is 26.8. The minimum atomic E-state index is 0.0812. The monoisotopic (exact) mass is 370 g/mol. The zero-order valence-electron chi connectivity index (χ0n) is 15.4. The topological polar surface area (TPSA) is 75.6 Å². The molecule has 2 N–H and O–H groups in total. The van der Waals surface area contributed by atoms with Gasteiger partial charge in [-0.05, 0) is 50.2 Å². The molecule has 2 aliphatic rings. The number of anilines is 1. The predicted octanol–water partition coefficient (Wildman–Crippen LogP) is 1.44. The standard InChI is InChI=1S/C20H26N4O3/c25-19(23-9-11-27-12-10-23)14-24-8-5-16-13-17(1-2-18(16)24)22-20(26)15-3-6-21-7-4-15/h1-2,5,8,13,15,21H,3-4,6-7,9-12,14H2,(H,22,26). The van der Waals surface area contributed by atoms with Gasteiger partial charge in [0.15, 0.2) is 0 Å².